The number of nitrogens with one attached hydrogen (secondary N) is 1. The number of nitrogens with zero attached hydrogens (tertiary/aromatic N) is 2. The first kappa shape index (κ1) is 20.0. The Kier molecular flexibility index (Phi) is 5.67. The molecule has 8 heteroatoms. The molecule has 0 saturated carbocycles. The van der Waals surface area contributed by atoms with Crippen molar-refractivity contribution in [3.8, 4) is 5.75 Å². The average molecular weight is 435 g/mol. The Morgan fingerprint density at radius 1 is 0.966 bits per heavy atom. The van der Waals surface area contributed by atoms with Gasteiger partial charge in [0.05, 0.1) is 45.4 Å². The molecular weight excluding hydrogens is 413 g/mol. The summed E-state index contributed by atoms with van der Waals surface area (Å²) in [5.74, 6) is 0.443. The van der Waals surface area contributed by atoms with Gasteiger partial charge in [0.15, 0.2) is 6.04 Å². The van der Waals surface area contributed by atoms with E-state index in [1.165, 1.54) is 4.90 Å². The summed E-state index contributed by atoms with van der Waals surface area (Å²) in [6, 6.07) is 12.4. The van der Waals surface area contributed by atoms with Crippen molar-refractivity contribution in [3.05, 3.63) is 52.5 Å². The van der Waals surface area contributed by atoms with Crippen LogP contribution in [-0.4, -0.2) is 51.1 Å². The van der Waals surface area contributed by atoms with E-state index in [2.05, 4.69) is 4.90 Å². The lowest BCUT2D eigenvalue weighted by Gasteiger charge is -2.35. The van der Waals surface area contributed by atoms with Crippen LogP contribution in [0.3, 0.4) is 0 Å². The molecule has 1 N–H and O–H groups in total. The maximum absolute atomic E-state index is 13.0. The van der Waals surface area contributed by atoms with Crippen molar-refractivity contribution in [2.75, 3.05) is 43.1 Å². The lowest BCUT2D eigenvalue weighted by molar-refractivity contribution is -0.915. The smallest absolute Gasteiger partial charge is 0.292 e. The highest BCUT2D eigenvalue weighted by molar-refractivity contribution is 6.35. The van der Waals surface area contributed by atoms with Gasteiger partial charge in [-0.25, -0.2) is 4.90 Å². The van der Waals surface area contributed by atoms with E-state index in [0.717, 1.165) is 42.5 Å². The van der Waals surface area contributed by atoms with E-state index >= 15 is 0 Å². The number of methoxy groups -OCH3 is 1. The molecule has 6 nitrogen and oxygen atoms in total. The number of benzene rings is 2. The van der Waals surface area contributed by atoms with Gasteiger partial charge in [-0.2, -0.15) is 0 Å². The number of amides is 2. The molecule has 2 fully saturated rings. The van der Waals surface area contributed by atoms with Crippen LogP contribution in [0.25, 0.3) is 0 Å². The molecule has 1 atom stereocenters. The molecular formula is C21H22Cl2N3O3+. The number of hydrogen-bond acceptors (Lipinski definition) is 4. The van der Waals surface area contributed by atoms with Gasteiger partial charge in [-0.15, -0.1) is 0 Å². The van der Waals surface area contributed by atoms with E-state index < -0.39 is 0 Å². The van der Waals surface area contributed by atoms with Crippen molar-refractivity contribution >= 4 is 46.4 Å². The highest BCUT2D eigenvalue weighted by Gasteiger charge is 2.46. The molecule has 0 aromatic heterocycles. The summed E-state index contributed by atoms with van der Waals surface area (Å²) in [6.07, 6.45) is 0.209. The van der Waals surface area contributed by atoms with Crippen LogP contribution in [0.5, 0.6) is 5.75 Å². The van der Waals surface area contributed by atoms with Gasteiger partial charge < -0.3 is 14.5 Å². The van der Waals surface area contributed by atoms with Crippen molar-refractivity contribution in [2.24, 2.45) is 0 Å². The van der Waals surface area contributed by atoms with Gasteiger partial charge in [-0.05, 0) is 42.5 Å². The number of carbonyl (C=O) groups excluding carboxylic acids is 2. The molecule has 0 unspecified atom stereocenters. The standard InChI is InChI=1S/C21H21Cl2N3O3/c1-29-18-4-2-16(3-5-18)24-6-8-25(9-7-24)19-13-20(27)26(21(19)28)17-11-14(22)10-15(23)12-17/h2-5,10-12,19H,6-9,13H2,1H3/p+1/t19-/m0/s1. The summed E-state index contributed by atoms with van der Waals surface area (Å²) in [6.45, 7) is 3.23. The second kappa shape index (κ2) is 8.22. The lowest BCUT2D eigenvalue weighted by Crippen LogP contribution is -3.19. The van der Waals surface area contributed by atoms with Crippen LogP contribution in [0.15, 0.2) is 42.5 Å². The molecule has 29 heavy (non-hydrogen) atoms. The number of anilines is 2. The highest BCUT2D eigenvalue weighted by atomic mass is 35.5. The zero-order chi connectivity index (χ0) is 20.5. The molecule has 2 saturated heterocycles. The molecule has 152 valence electrons. The number of piperazine rings is 1. The number of quaternary nitrogens is 1. The van der Waals surface area contributed by atoms with Gasteiger partial charge in [0.2, 0.25) is 5.91 Å². The lowest BCUT2D eigenvalue weighted by atomic mass is 10.1. The topological polar surface area (TPSA) is 54.3 Å². The minimum Gasteiger partial charge on any atom is -0.497 e. The first-order valence-electron chi connectivity index (χ1n) is 9.53. The molecule has 0 aliphatic carbocycles. The van der Waals surface area contributed by atoms with E-state index in [9.17, 15) is 9.59 Å². The fourth-order valence-electron chi connectivity index (χ4n) is 4.08. The predicted octanol–water partition coefficient (Wildman–Crippen LogP) is 2.04. The van der Waals surface area contributed by atoms with Crippen LogP contribution < -0.4 is 19.4 Å². The van der Waals surface area contributed by atoms with Crippen LogP contribution in [0.4, 0.5) is 11.4 Å². The number of carbonyl (C=O) groups is 2. The van der Waals surface area contributed by atoms with E-state index in [1.54, 1.807) is 25.3 Å². The van der Waals surface area contributed by atoms with Crippen molar-refractivity contribution in [3.63, 3.8) is 0 Å². The van der Waals surface area contributed by atoms with Crippen LogP contribution in [0, 0.1) is 0 Å². The highest BCUT2D eigenvalue weighted by Crippen LogP contribution is 2.29. The maximum Gasteiger partial charge on any atom is 0.292 e. The third-order valence-electron chi connectivity index (χ3n) is 5.59. The summed E-state index contributed by atoms with van der Waals surface area (Å²) in [5.41, 5.74) is 1.57. The van der Waals surface area contributed by atoms with Crippen LogP contribution in [-0.2, 0) is 9.59 Å². The number of hydrogen-bond donors (Lipinski definition) is 1. The fraction of sp³-hybridized carbons (Fsp3) is 0.333. The Bertz CT molecular complexity index is 907. The Morgan fingerprint density at radius 3 is 2.17 bits per heavy atom. The summed E-state index contributed by atoms with van der Waals surface area (Å²) >= 11 is 12.1. The SMILES string of the molecule is COc1ccc(N2CC[NH+]([C@H]3CC(=O)N(c4cc(Cl)cc(Cl)c4)C3=O)CC2)cc1. The van der Waals surface area contributed by atoms with E-state index in [4.69, 9.17) is 27.9 Å². The molecule has 4 rings (SSSR count). The van der Waals surface area contributed by atoms with Crippen molar-refractivity contribution in [1.29, 1.82) is 0 Å². The molecule has 2 aromatic carbocycles. The quantitative estimate of drug-likeness (QED) is 0.748. The second-order valence-electron chi connectivity index (χ2n) is 7.30. The van der Waals surface area contributed by atoms with Crippen molar-refractivity contribution in [1.82, 2.24) is 0 Å². The van der Waals surface area contributed by atoms with Gasteiger partial charge in [-0.3, -0.25) is 9.59 Å². The molecule has 2 amide bonds. The van der Waals surface area contributed by atoms with Crippen LogP contribution in [0.2, 0.25) is 10.0 Å². The third kappa shape index (κ3) is 4.06. The minimum absolute atomic E-state index is 0.179. The van der Waals surface area contributed by atoms with Gasteiger partial charge in [0.25, 0.3) is 5.91 Å². The van der Waals surface area contributed by atoms with Gasteiger partial charge in [0.1, 0.15) is 5.75 Å². The molecule has 2 aliphatic heterocycles. The first-order valence-corrected chi connectivity index (χ1v) is 10.3. The Hall–Kier alpha value is -2.28. The van der Waals surface area contributed by atoms with Crippen molar-refractivity contribution < 1.29 is 19.2 Å². The summed E-state index contributed by atoms with van der Waals surface area (Å²) in [7, 11) is 1.65. The monoisotopic (exact) mass is 434 g/mol. The number of halogens is 2. The maximum atomic E-state index is 13.0. The molecule has 2 aliphatic rings. The van der Waals surface area contributed by atoms with Gasteiger partial charge in [-0.1, -0.05) is 23.2 Å². The summed E-state index contributed by atoms with van der Waals surface area (Å²) in [4.78, 5) is 30.3. The van der Waals surface area contributed by atoms with Gasteiger partial charge >= 0.3 is 0 Å². The normalized spacial score (nSPS) is 20.4. The van der Waals surface area contributed by atoms with Crippen LogP contribution >= 0.6 is 23.2 Å². The van der Waals surface area contributed by atoms with Crippen molar-refractivity contribution in [2.45, 2.75) is 12.5 Å². The predicted molar refractivity (Wildman–Crippen MR) is 113 cm³/mol. The van der Waals surface area contributed by atoms with Gasteiger partial charge in [0, 0.05) is 15.7 Å². The fourth-order valence-corrected chi connectivity index (χ4v) is 4.60. The number of rotatable bonds is 4. The zero-order valence-corrected chi connectivity index (χ0v) is 17.5. The molecule has 2 heterocycles. The number of ether oxygens (including phenoxy) is 1. The molecule has 0 radical (unpaired) electrons. The Balaban J connectivity index is 1.43. The Labute approximate surface area is 179 Å². The third-order valence-corrected chi connectivity index (χ3v) is 6.02. The molecule has 0 bridgehead atoms. The largest absolute Gasteiger partial charge is 0.497 e. The zero-order valence-electron chi connectivity index (χ0n) is 16.0. The summed E-state index contributed by atoms with van der Waals surface area (Å²) in [5, 5.41) is 0.800. The molecule has 2 aromatic rings. The average Bonchev–Trinajstić information content (AvgIpc) is 3.01. The number of imide groups is 1. The first-order chi connectivity index (χ1) is 14.0. The second-order valence-corrected chi connectivity index (χ2v) is 8.17. The van der Waals surface area contributed by atoms with E-state index in [0.29, 0.717) is 15.7 Å². The van der Waals surface area contributed by atoms with Crippen LogP contribution in [0.1, 0.15) is 6.42 Å². The van der Waals surface area contributed by atoms with E-state index in [-0.39, 0.29) is 24.3 Å². The summed E-state index contributed by atoms with van der Waals surface area (Å²) < 4.78 is 5.21. The van der Waals surface area contributed by atoms with E-state index in [1.807, 2.05) is 24.3 Å². The minimum atomic E-state index is -0.363. The molecule has 0 spiro atoms. The Morgan fingerprint density at radius 2 is 1.59 bits per heavy atom.